The minimum atomic E-state index is -0.573. The van der Waals surface area contributed by atoms with Gasteiger partial charge in [0, 0.05) is 12.0 Å². The molecule has 3 aromatic carbocycles. The van der Waals surface area contributed by atoms with Crippen LogP contribution in [-0.2, 0) is 20.7 Å². The first-order valence-electron chi connectivity index (χ1n) is 12.0. The standard InChI is InChI=1S/C29H30O9/c1-35-26-13-18(4-8-23(26)31)11-20-15-38-29(19-6-9-24(32)27(14-19)36-2)21(20)16-37-28(34)10-5-17-3-7-22(30)25(33)12-17/h3-10,12-14,20-21,29-33H,11,15-16H2,1-2H3. The smallest absolute Gasteiger partial charge is 0.330 e. The number of methoxy groups -OCH3 is 2. The topological polar surface area (TPSA) is 135 Å². The van der Waals surface area contributed by atoms with E-state index in [0.717, 1.165) is 11.1 Å². The molecule has 1 aliphatic heterocycles. The Morgan fingerprint density at radius 3 is 2.29 bits per heavy atom. The SMILES string of the molecule is COc1cc(CC2COC(c3ccc(O)c(OC)c3)C2COC(=O)C=Cc2ccc(O)c(O)c2)ccc1O. The summed E-state index contributed by atoms with van der Waals surface area (Å²) in [6, 6.07) is 14.4. The van der Waals surface area contributed by atoms with Crippen molar-refractivity contribution in [2.45, 2.75) is 12.5 Å². The second-order valence-electron chi connectivity index (χ2n) is 9.03. The van der Waals surface area contributed by atoms with Gasteiger partial charge in [0.2, 0.25) is 0 Å². The Hall–Kier alpha value is -4.37. The summed E-state index contributed by atoms with van der Waals surface area (Å²) in [6.07, 6.45) is 2.90. The van der Waals surface area contributed by atoms with E-state index in [4.69, 9.17) is 18.9 Å². The van der Waals surface area contributed by atoms with Crippen LogP contribution >= 0.6 is 0 Å². The van der Waals surface area contributed by atoms with Crippen LogP contribution in [0.2, 0.25) is 0 Å². The van der Waals surface area contributed by atoms with Crippen LogP contribution in [0.15, 0.2) is 60.7 Å². The molecule has 0 radical (unpaired) electrons. The maximum absolute atomic E-state index is 12.5. The zero-order valence-electron chi connectivity index (χ0n) is 21.0. The molecule has 0 aliphatic carbocycles. The van der Waals surface area contributed by atoms with Crippen LogP contribution in [-0.4, -0.2) is 53.8 Å². The fourth-order valence-electron chi connectivity index (χ4n) is 4.56. The molecule has 4 rings (SSSR count). The van der Waals surface area contributed by atoms with Crippen molar-refractivity contribution in [2.75, 3.05) is 27.4 Å². The van der Waals surface area contributed by atoms with Gasteiger partial charge in [0.25, 0.3) is 0 Å². The summed E-state index contributed by atoms with van der Waals surface area (Å²) >= 11 is 0. The predicted octanol–water partition coefficient (Wildman–Crippen LogP) is 4.33. The highest BCUT2D eigenvalue weighted by molar-refractivity contribution is 5.87. The van der Waals surface area contributed by atoms with Crippen molar-refractivity contribution < 1.29 is 44.2 Å². The van der Waals surface area contributed by atoms with E-state index in [1.54, 1.807) is 30.3 Å². The van der Waals surface area contributed by atoms with Gasteiger partial charge in [0.1, 0.15) is 0 Å². The van der Waals surface area contributed by atoms with Crippen LogP contribution in [0.3, 0.4) is 0 Å². The van der Waals surface area contributed by atoms with E-state index in [-0.39, 0.29) is 41.4 Å². The van der Waals surface area contributed by atoms with E-state index < -0.39 is 12.1 Å². The van der Waals surface area contributed by atoms with Gasteiger partial charge < -0.3 is 39.4 Å². The lowest BCUT2D eigenvalue weighted by molar-refractivity contribution is -0.139. The Bertz CT molecular complexity index is 1320. The molecule has 4 N–H and O–H groups in total. The average Bonchev–Trinajstić information content (AvgIpc) is 3.31. The van der Waals surface area contributed by atoms with Crippen LogP contribution in [0.4, 0.5) is 0 Å². The molecule has 3 unspecified atom stereocenters. The summed E-state index contributed by atoms with van der Waals surface area (Å²) < 4.78 is 22.3. The summed E-state index contributed by atoms with van der Waals surface area (Å²) in [5.41, 5.74) is 2.23. The van der Waals surface area contributed by atoms with E-state index in [1.165, 1.54) is 44.6 Å². The number of esters is 1. The van der Waals surface area contributed by atoms with Crippen LogP contribution < -0.4 is 9.47 Å². The summed E-state index contributed by atoms with van der Waals surface area (Å²) in [4.78, 5) is 12.5. The summed E-state index contributed by atoms with van der Waals surface area (Å²) in [5.74, 6) is -0.619. The summed E-state index contributed by atoms with van der Waals surface area (Å²) in [6.45, 7) is 0.472. The molecule has 0 amide bonds. The lowest BCUT2D eigenvalue weighted by Crippen LogP contribution is -2.24. The molecular weight excluding hydrogens is 492 g/mol. The molecule has 0 bridgehead atoms. The van der Waals surface area contributed by atoms with Gasteiger partial charge in [0.15, 0.2) is 34.5 Å². The molecule has 1 saturated heterocycles. The third kappa shape index (κ3) is 6.12. The summed E-state index contributed by atoms with van der Waals surface area (Å²) in [5, 5.41) is 39.1. The maximum atomic E-state index is 12.5. The molecule has 9 nitrogen and oxygen atoms in total. The quantitative estimate of drug-likeness (QED) is 0.184. The van der Waals surface area contributed by atoms with Gasteiger partial charge in [-0.05, 0) is 71.5 Å². The highest BCUT2D eigenvalue weighted by Gasteiger charge is 2.39. The van der Waals surface area contributed by atoms with Crippen LogP contribution in [0.25, 0.3) is 6.08 Å². The maximum Gasteiger partial charge on any atom is 0.330 e. The van der Waals surface area contributed by atoms with Crippen LogP contribution in [0, 0.1) is 11.8 Å². The number of benzene rings is 3. The van der Waals surface area contributed by atoms with Crippen molar-refractivity contribution in [3.05, 3.63) is 77.4 Å². The molecule has 0 aromatic heterocycles. The minimum absolute atomic E-state index is 0.00960. The van der Waals surface area contributed by atoms with Gasteiger partial charge in [-0.25, -0.2) is 4.79 Å². The lowest BCUT2D eigenvalue weighted by atomic mass is 9.84. The first-order chi connectivity index (χ1) is 18.3. The molecule has 3 aromatic rings. The zero-order chi connectivity index (χ0) is 27.2. The molecular formula is C29H30O9. The Kier molecular flexibility index (Phi) is 8.28. The van der Waals surface area contributed by atoms with E-state index >= 15 is 0 Å². The normalized spacial score (nSPS) is 18.9. The first-order valence-corrected chi connectivity index (χ1v) is 12.0. The number of carbonyl (C=O) groups is 1. The molecule has 0 spiro atoms. The molecule has 200 valence electrons. The number of phenols is 4. The van der Waals surface area contributed by atoms with Gasteiger partial charge in [-0.2, -0.15) is 0 Å². The highest BCUT2D eigenvalue weighted by Crippen LogP contribution is 2.43. The van der Waals surface area contributed by atoms with E-state index in [1.807, 2.05) is 6.07 Å². The Morgan fingerprint density at radius 2 is 1.58 bits per heavy atom. The molecule has 9 heteroatoms. The van der Waals surface area contributed by atoms with Gasteiger partial charge in [-0.1, -0.05) is 18.2 Å². The van der Waals surface area contributed by atoms with Crippen molar-refractivity contribution >= 4 is 12.0 Å². The Balaban J connectivity index is 1.52. The van der Waals surface area contributed by atoms with Gasteiger partial charge in [-0.3, -0.25) is 0 Å². The molecule has 38 heavy (non-hydrogen) atoms. The van der Waals surface area contributed by atoms with E-state index in [9.17, 15) is 25.2 Å². The molecule has 0 saturated carbocycles. The Morgan fingerprint density at radius 1 is 0.895 bits per heavy atom. The zero-order valence-corrected chi connectivity index (χ0v) is 21.0. The first kappa shape index (κ1) is 26.7. The minimum Gasteiger partial charge on any atom is -0.504 e. The van der Waals surface area contributed by atoms with Gasteiger partial charge in [-0.15, -0.1) is 0 Å². The number of carbonyl (C=O) groups excluding carboxylic acids is 1. The van der Waals surface area contributed by atoms with Crippen molar-refractivity contribution in [1.29, 1.82) is 0 Å². The molecule has 3 atom stereocenters. The van der Waals surface area contributed by atoms with Gasteiger partial charge in [0.05, 0.1) is 33.5 Å². The second-order valence-corrected chi connectivity index (χ2v) is 9.03. The number of rotatable bonds is 9. The lowest BCUT2D eigenvalue weighted by Gasteiger charge is -2.23. The van der Waals surface area contributed by atoms with Crippen LogP contribution in [0.1, 0.15) is 22.8 Å². The highest BCUT2D eigenvalue weighted by atomic mass is 16.5. The number of phenolic OH excluding ortho intramolecular Hbond substituents is 4. The van der Waals surface area contributed by atoms with Gasteiger partial charge >= 0.3 is 5.97 Å². The van der Waals surface area contributed by atoms with E-state index in [0.29, 0.717) is 30.1 Å². The predicted molar refractivity (Wildman–Crippen MR) is 138 cm³/mol. The number of aromatic hydroxyl groups is 4. The molecule has 1 fully saturated rings. The fourth-order valence-corrected chi connectivity index (χ4v) is 4.56. The van der Waals surface area contributed by atoms with Crippen molar-refractivity contribution in [2.24, 2.45) is 11.8 Å². The van der Waals surface area contributed by atoms with Crippen molar-refractivity contribution in [3.8, 4) is 34.5 Å². The molecule has 1 aliphatic rings. The third-order valence-electron chi connectivity index (χ3n) is 6.59. The van der Waals surface area contributed by atoms with Crippen molar-refractivity contribution in [1.82, 2.24) is 0 Å². The fraction of sp³-hybridized carbons (Fsp3) is 0.276. The third-order valence-corrected chi connectivity index (χ3v) is 6.59. The number of ether oxygens (including phenoxy) is 4. The van der Waals surface area contributed by atoms with E-state index in [2.05, 4.69) is 0 Å². The number of hydrogen-bond acceptors (Lipinski definition) is 9. The van der Waals surface area contributed by atoms with Crippen molar-refractivity contribution in [3.63, 3.8) is 0 Å². The average molecular weight is 523 g/mol. The summed E-state index contributed by atoms with van der Waals surface area (Å²) in [7, 11) is 2.95. The monoisotopic (exact) mass is 522 g/mol. The Labute approximate surface area is 220 Å². The largest absolute Gasteiger partial charge is 0.504 e. The second kappa shape index (κ2) is 11.8. The number of hydrogen-bond donors (Lipinski definition) is 4. The van der Waals surface area contributed by atoms with Crippen LogP contribution in [0.5, 0.6) is 34.5 Å². The molecule has 1 heterocycles.